The highest BCUT2D eigenvalue weighted by Gasteiger charge is 2.16. The fourth-order valence-electron chi connectivity index (χ4n) is 2.68. The van der Waals surface area contributed by atoms with Gasteiger partial charge in [-0.05, 0) is 49.2 Å². The van der Waals surface area contributed by atoms with Gasteiger partial charge < -0.3 is 15.0 Å². The lowest BCUT2D eigenvalue weighted by atomic mass is 10.2. The highest BCUT2D eigenvalue weighted by molar-refractivity contribution is 5.95. The van der Waals surface area contributed by atoms with Crippen molar-refractivity contribution in [1.82, 2.24) is 0 Å². The number of ether oxygens (including phenoxy) is 1. The molecule has 3 rings (SSSR count). The summed E-state index contributed by atoms with van der Waals surface area (Å²) in [7, 11) is 0. The lowest BCUT2D eigenvalue weighted by molar-refractivity contribution is -0.118. The summed E-state index contributed by atoms with van der Waals surface area (Å²) in [6, 6.07) is 13.4. The van der Waals surface area contributed by atoms with Crippen molar-refractivity contribution in [3.05, 3.63) is 54.3 Å². The Bertz CT molecular complexity index is 667. The zero-order valence-electron chi connectivity index (χ0n) is 12.8. The van der Waals surface area contributed by atoms with E-state index in [1.807, 2.05) is 24.3 Å². The Morgan fingerprint density at radius 2 is 1.78 bits per heavy atom. The van der Waals surface area contributed by atoms with Crippen LogP contribution >= 0.6 is 0 Å². The average molecular weight is 314 g/mol. The van der Waals surface area contributed by atoms with Crippen LogP contribution in [0, 0.1) is 5.82 Å². The van der Waals surface area contributed by atoms with Crippen LogP contribution in [-0.4, -0.2) is 25.6 Å². The van der Waals surface area contributed by atoms with Gasteiger partial charge in [-0.2, -0.15) is 0 Å². The van der Waals surface area contributed by atoms with Crippen molar-refractivity contribution in [3.63, 3.8) is 0 Å². The minimum Gasteiger partial charge on any atom is -0.484 e. The summed E-state index contributed by atoms with van der Waals surface area (Å²) >= 11 is 0. The van der Waals surface area contributed by atoms with Gasteiger partial charge in [0.1, 0.15) is 11.6 Å². The predicted molar refractivity (Wildman–Crippen MR) is 88.4 cm³/mol. The fourth-order valence-corrected chi connectivity index (χ4v) is 2.68. The zero-order chi connectivity index (χ0) is 16.1. The van der Waals surface area contributed by atoms with E-state index in [0.29, 0.717) is 5.75 Å². The Morgan fingerprint density at radius 1 is 1.09 bits per heavy atom. The van der Waals surface area contributed by atoms with Gasteiger partial charge in [-0.3, -0.25) is 4.79 Å². The Morgan fingerprint density at radius 3 is 2.52 bits per heavy atom. The molecule has 0 radical (unpaired) electrons. The van der Waals surface area contributed by atoms with E-state index in [-0.39, 0.29) is 18.3 Å². The number of nitrogens with zero attached hydrogens (tertiary/aromatic N) is 1. The van der Waals surface area contributed by atoms with Crippen molar-refractivity contribution in [3.8, 4) is 5.75 Å². The van der Waals surface area contributed by atoms with E-state index in [9.17, 15) is 9.18 Å². The summed E-state index contributed by atoms with van der Waals surface area (Å²) in [5.74, 6) is -0.100. The first-order chi connectivity index (χ1) is 11.2. The van der Waals surface area contributed by atoms with E-state index >= 15 is 0 Å². The van der Waals surface area contributed by atoms with Gasteiger partial charge in [0.2, 0.25) is 0 Å². The molecule has 120 valence electrons. The molecule has 0 saturated carbocycles. The molecule has 23 heavy (non-hydrogen) atoms. The monoisotopic (exact) mass is 314 g/mol. The molecule has 0 aromatic heterocycles. The minimum atomic E-state index is -0.332. The van der Waals surface area contributed by atoms with Gasteiger partial charge in [0.15, 0.2) is 6.61 Å². The first-order valence-corrected chi connectivity index (χ1v) is 7.74. The number of para-hydroxylation sites is 2. The van der Waals surface area contributed by atoms with E-state index in [4.69, 9.17) is 4.74 Å². The minimum absolute atomic E-state index is 0.111. The molecule has 5 heteroatoms. The number of carbonyl (C=O) groups excluding carboxylic acids is 1. The maximum Gasteiger partial charge on any atom is 0.262 e. The molecule has 0 atom stereocenters. The Balaban J connectivity index is 1.60. The molecule has 0 spiro atoms. The van der Waals surface area contributed by atoms with Crippen molar-refractivity contribution >= 4 is 17.3 Å². The Labute approximate surface area is 134 Å². The van der Waals surface area contributed by atoms with Crippen molar-refractivity contribution in [2.45, 2.75) is 12.8 Å². The fraction of sp³-hybridized carbons (Fsp3) is 0.278. The van der Waals surface area contributed by atoms with Gasteiger partial charge in [-0.1, -0.05) is 12.1 Å². The Hall–Kier alpha value is -2.56. The van der Waals surface area contributed by atoms with Gasteiger partial charge in [-0.25, -0.2) is 4.39 Å². The van der Waals surface area contributed by atoms with Crippen LogP contribution in [0.5, 0.6) is 5.75 Å². The average Bonchev–Trinajstić information content (AvgIpc) is 3.09. The number of rotatable bonds is 5. The number of hydrogen-bond acceptors (Lipinski definition) is 3. The van der Waals surface area contributed by atoms with Gasteiger partial charge in [-0.15, -0.1) is 0 Å². The number of hydrogen-bond donors (Lipinski definition) is 1. The third kappa shape index (κ3) is 4.00. The first-order valence-electron chi connectivity index (χ1n) is 7.74. The number of carbonyl (C=O) groups is 1. The first kappa shape index (κ1) is 15.3. The van der Waals surface area contributed by atoms with Crippen LogP contribution < -0.4 is 15.0 Å². The molecular formula is C18H19FN2O2. The smallest absolute Gasteiger partial charge is 0.262 e. The van der Waals surface area contributed by atoms with Crippen molar-refractivity contribution in [1.29, 1.82) is 0 Å². The summed E-state index contributed by atoms with van der Waals surface area (Å²) in [6.07, 6.45) is 2.35. The van der Waals surface area contributed by atoms with Gasteiger partial charge in [0.05, 0.1) is 11.4 Å². The van der Waals surface area contributed by atoms with Crippen LogP contribution in [0.3, 0.4) is 0 Å². The summed E-state index contributed by atoms with van der Waals surface area (Å²) in [4.78, 5) is 14.4. The molecule has 2 aromatic carbocycles. The van der Waals surface area contributed by atoms with Crippen LogP contribution in [0.15, 0.2) is 48.5 Å². The second-order valence-corrected chi connectivity index (χ2v) is 5.50. The van der Waals surface area contributed by atoms with Crippen LogP contribution in [0.1, 0.15) is 12.8 Å². The van der Waals surface area contributed by atoms with Crippen LogP contribution in [-0.2, 0) is 4.79 Å². The Kier molecular flexibility index (Phi) is 4.76. The molecule has 4 nitrogen and oxygen atoms in total. The maximum absolute atomic E-state index is 12.8. The van der Waals surface area contributed by atoms with Gasteiger partial charge in [0, 0.05) is 13.1 Å². The SMILES string of the molecule is O=C(COc1ccc(F)cc1)Nc1ccccc1N1CCCC1. The number of anilines is 2. The molecule has 1 N–H and O–H groups in total. The molecule has 2 aromatic rings. The van der Waals surface area contributed by atoms with E-state index in [1.54, 1.807) is 0 Å². The van der Waals surface area contributed by atoms with E-state index < -0.39 is 0 Å². The predicted octanol–water partition coefficient (Wildman–Crippen LogP) is 3.44. The quantitative estimate of drug-likeness (QED) is 0.919. The number of amides is 1. The van der Waals surface area contributed by atoms with Gasteiger partial charge >= 0.3 is 0 Å². The molecule has 0 aliphatic carbocycles. The lowest BCUT2D eigenvalue weighted by Crippen LogP contribution is -2.24. The topological polar surface area (TPSA) is 41.6 Å². The summed E-state index contributed by atoms with van der Waals surface area (Å²) in [5, 5.41) is 2.89. The molecule has 1 heterocycles. The van der Waals surface area contributed by atoms with Gasteiger partial charge in [0.25, 0.3) is 5.91 Å². The highest BCUT2D eigenvalue weighted by atomic mass is 19.1. The summed E-state index contributed by atoms with van der Waals surface area (Å²) in [6.45, 7) is 1.91. The van der Waals surface area contributed by atoms with E-state index in [1.165, 1.54) is 37.1 Å². The third-order valence-corrected chi connectivity index (χ3v) is 3.81. The van der Waals surface area contributed by atoms with Crippen molar-refractivity contribution < 1.29 is 13.9 Å². The molecule has 1 saturated heterocycles. The molecular weight excluding hydrogens is 295 g/mol. The van der Waals surface area contributed by atoms with E-state index in [0.717, 1.165) is 24.5 Å². The summed E-state index contributed by atoms with van der Waals surface area (Å²) < 4.78 is 18.2. The van der Waals surface area contributed by atoms with Crippen LogP contribution in [0.2, 0.25) is 0 Å². The standard InChI is InChI=1S/C18H19FN2O2/c19-14-7-9-15(10-8-14)23-13-18(22)20-16-5-1-2-6-17(16)21-11-3-4-12-21/h1-2,5-10H,3-4,11-13H2,(H,20,22). The maximum atomic E-state index is 12.8. The molecule has 0 bridgehead atoms. The second kappa shape index (κ2) is 7.13. The van der Waals surface area contributed by atoms with Crippen molar-refractivity contribution in [2.75, 3.05) is 29.9 Å². The number of benzene rings is 2. The third-order valence-electron chi connectivity index (χ3n) is 3.81. The number of nitrogens with one attached hydrogen (secondary N) is 1. The highest BCUT2D eigenvalue weighted by Crippen LogP contribution is 2.28. The summed E-state index contributed by atoms with van der Waals surface area (Å²) in [5.41, 5.74) is 1.84. The van der Waals surface area contributed by atoms with Crippen molar-refractivity contribution in [2.24, 2.45) is 0 Å². The molecule has 0 unspecified atom stereocenters. The lowest BCUT2D eigenvalue weighted by Gasteiger charge is -2.21. The largest absolute Gasteiger partial charge is 0.484 e. The van der Waals surface area contributed by atoms with E-state index in [2.05, 4.69) is 10.2 Å². The molecule has 1 amide bonds. The molecule has 1 fully saturated rings. The molecule has 1 aliphatic heterocycles. The zero-order valence-corrected chi connectivity index (χ0v) is 12.8. The van der Waals surface area contributed by atoms with Crippen LogP contribution in [0.25, 0.3) is 0 Å². The second-order valence-electron chi connectivity index (χ2n) is 5.50. The normalized spacial score (nSPS) is 13.9. The molecule has 1 aliphatic rings. The number of halogens is 1. The van der Waals surface area contributed by atoms with Crippen LogP contribution in [0.4, 0.5) is 15.8 Å².